The topological polar surface area (TPSA) is 27.1 Å². The Hall–Kier alpha value is -1.71. The zero-order chi connectivity index (χ0) is 15.0. The molecule has 21 heavy (non-hydrogen) atoms. The molecule has 108 valence electrons. The maximum absolute atomic E-state index is 6.10. The number of nitrogens with zero attached hydrogens (tertiary/aromatic N) is 2. The van der Waals surface area contributed by atoms with Crippen LogP contribution in [0.15, 0.2) is 36.4 Å². The molecule has 0 saturated heterocycles. The Bertz CT molecular complexity index is 811. The average molecular weight is 321 g/mol. The zero-order valence-corrected chi connectivity index (χ0v) is 13.2. The summed E-state index contributed by atoms with van der Waals surface area (Å²) in [4.78, 5) is 4.60. The van der Waals surface area contributed by atoms with E-state index >= 15 is 0 Å². The molecule has 0 amide bonds. The largest absolute Gasteiger partial charge is 0.495 e. The summed E-state index contributed by atoms with van der Waals surface area (Å²) in [6.07, 6.45) is 0. The Morgan fingerprint density at radius 2 is 2.05 bits per heavy atom. The summed E-state index contributed by atoms with van der Waals surface area (Å²) in [7, 11) is 1.60. The van der Waals surface area contributed by atoms with Crippen LogP contribution in [0.1, 0.15) is 11.4 Å². The fourth-order valence-electron chi connectivity index (χ4n) is 2.50. The first-order valence-electron chi connectivity index (χ1n) is 6.52. The highest BCUT2D eigenvalue weighted by Gasteiger charge is 2.14. The predicted molar refractivity (Wildman–Crippen MR) is 86.9 cm³/mol. The van der Waals surface area contributed by atoms with Gasteiger partial charge in [0.1, 0.15) is 11.6 Å². The third-order valence-corrected chi connectivity index (χ3v) is 4.01. The van der Waals surface area contributed by atoms with E-state index in [1.54, 1.807) is 7.11 Å². The molecular formula is C16H14Cl2N2O. The molecule has 3 nitrogen and oxygen atoms in total. The lowest BCUT2D eigenvalue weighted by molar-refractivity contribution is 0.415. The number of benzene rings is 2. The molecule has 1 heterocycles. The van der Waals surface area contributed by atoms with E-state index in [-0.39, 0.29) is 0 Å². The van der Waals surface area contributed by atoms with Gasteiger partial charge < -0.3 is 4.74 Å². The molecule has 0 unspecified atom stereocenters. The lowest BCUT2D eigenvalue weighted by Crippen LogP contribution is -2.01. The van der Waals surface area contributed by atoms with E-state index in [9.17, 15) is 0 Å². The van der Waals surface area contributed by atoms with E-state index in [0.29, 0.717) is 16.7 Å². The van der Waals surface area contributed by atoms with Gasteiger partial charge in [-0.15, -0.1) is 11.6 Å². The summed E-state index contributed by atoms with van der Waals surface area (Å²) in [5.41, 5.74) is 4.06. The van der Waals surface area contributed by atoms with Gasteiger partial charge in [-0.3, -0.25) is 4.57 Å². The van der Waals surface area contributed by atoms with E-state index in [4.69, 9.17) is 27.9 Å². The van der Waals surface area contributed by atoms with Gasteiger partial charge in [0.2, 0.25) is 0 Å². The van der Waals surface area contributed by atoms with Crippen LogP contribution in [-0.2, 0) is 5.88 Å². The molecule has 0 radical (unpaired) electrons. The zero-order valence-electron chi connectivity index (χ0n) is 11.7. The molecule has 0 atom stereocenters. The Balaban J connectivity index is 2.33. The summed E-state index contributed by atoms with van der Waals surface area (Å²) >= 11 is 12.2. The maximum Gasteiger partial charge on any atom is 0.139 e. The fraction of sp³-hybridized carbons (Fsp3) is 0.188. The van der Waals surface area contributed by atoms with Crippen LogP contribution < -0.4 is 4.74 Å². The monoisotopic (exact) mass is 320 g/mol. The van der Waals surface area contributed by atoms with E-state index < -0.39 is 0 Å². The van der Waals surface area contributed by atoms with Crippen LogP contribution in [-0.4, -0.2) is 16.7 Å². The van der Waals surface area contributed by atoms with E-state index in [1.807, 2.05) is 30.3 Å². The van der Waals surface area contributed by atoms with Crippen LogP contribution in [0.25, 0.3) is 16.7 Å². The first-order chi connectivity index (χ1) is 10.2. The van der Waals surface area contributed by atoms with Crippen molar-refractivity contribution in [1.82, 2.24) is 9.55 Å². The normalized spacial score (nSPS) is 11.0. The van der Waals surface area contributed by atoms with Gasteiger partial charge >= 0.3 is 0 Å². The summed E-state index contributed by atoms with van der Waals surface area (Å²) in [5, 5.41) is 0.579. The molecule has 0 aliphatic heterocycles. The molecule has 0 bridgehead atoms. The summed E-state index contributed by atoms with van der Waals surface area (Å²) in [5.74, 6) is 1.76. The van der Waals surface area contributed by atoms with Gasteiger partial charge in [-0.05, 0) is 30.7 Å². The number of fused-ring (bicyclic) bond motifs is 1. The molecule has 1 aromatic heterocycles. The lowest BCUT2D eigenvalue weighted by atomic mass is 10.2. The Kier molecular flexibility index (Phi) is 3.79. The van der Waals surface area contributed by atoms with Gasteiger partial charge in [0.15, 0.2) is 0 Å². The number of rotatable bonds is 3. The van der Waals surface area contributed by atoms with Crippen LogP contribution in [0.4, 0.5) is 0 Å². The van der Waals surface area contributed by atoms with Gasteiger partial charge in [0.05, 0.1) is 34.7 Å². The third kappa shape index (κ3) is 2.37. The lowest BCUT2D eigenvalue weighted by Gasteiger charge is -2.11. The van der Waals surface area contributed by atoms with Crippen molar-refractivity contribution in [3.8, 4) is 11.4 Å². The van der Waals surface area contributed by atoms with Crippen LogP contribution in [0.5, 0.6) is 5.75 Å². The number of methoxy groups -OCH3 is 1. The molecule has 3 rings (SSSR count). The van der Waals surface area contributed by atoms with Crippen molar-refractivity contribution in [2.75, 3.05) is 7.11 Å². The number of halogens is 2. The number of para-hydroxylation sites is 1. The molecule has 0 fully saturated rings. The molecule has 0 saturated carbocycles. The summed E-state index contributed by atoms with van der Waals surface area (Å²) in [6.45, 7) is 2.06. The van der Waals surface area contributed by atoms with Gasteiger partial charge in [-0.2, -0.15) is 0 Å². The Morgan fingerprint density at radius 3 is 2.76 bits per heavy atom. The second-order valence-electron chi connectivity index (χ2n) is 4.76. The first kappa shape index (κ1) is 14.2. The van der Waals surface area contributed by atoms with Crippen molar-refractivity contribution in [3.63, 3.8) is 0 Å². The minimum Gasteiger partial charge on any atom is -0.495 e. The summed E-state index contributed by atoms with van der Waals surface area (Å²) < 4.78 is 7.35. The van der Waals surface area contributed by atoms with Crippen molar-refractivity contribution in [2.45, 2.75) is 12.8 Å². The van der Waals surface area contributed by atoms with Crippen LogP contribution in [0.2, 0.25) is 5.02 Å². The highest BCUT2D eigenvalue weighted by Crippen LogP contribution is 2.31. The van der Waals surface area contributed by atoms with Crippen LogP contribution >= 0.6 is 23.2 Å². The average Bonchev–Trinajstić information content (AvgIpc) is 2.88. The quantitative estimate of drug-likeness (QED) is 0.652. The van der Waals surface area contributed by atoms with Crippen molar-refractivity contribution in [3.05, 3.63) is 52.8 Å². The van der Waals surface area contributed by atoms with Gasteiger partial charge in [-0.1, -0.05) is 23.7 Å². The van der Waals surface area contributed by atoms with Gasteiger partial charge in [0.25, 0.3) is 0 Å². The second-order valence-corrected chi connectivity index (χ2v) is 5.43. The van der Waals surface area contributed by atoms with Crippen molar-refractivity contribution >= 4 is 34.2 Å². The van der Waals surface area contributed by atoms with Crippen LogP contribution in [0, 0.1) is 6.92 Å². The number of imidazole rings is 1. The standard InChI is InChI=1S/C16H14Cl2N2O/c1-10-4-3-5-13-16(10)20(15(9-17)19-13)11-6-7-12(18)14(8-11)21-2/h3-8H,9H2,1-2H3. The minimum atomic E-state index is 0.332. The molecule has 0 aliphatic rings. The molecule has 2 aromatic carbocycles. The van der Waals surface area contributed by atoms with Gasteiger partial charge in [0, 0.05) is 6.07 Å². The third-order valence-electron chi connectivity index (χ3n) is 3.46. The van der Waals surface area contributed by atoms with Gasteiger partial charge in [-0.25, -0.2) is 4.98 Å². The first-order valence-corrected chi connectivity index (χ1v) is 7.43. The fourth-order valence-corrected chi connectivity index (χ4v) is 2.87. The summed E-state index contributed by atoms with van der Waals surface area (Å²) in [6, 6.07) is 11.7. The molecule has 0 aliphatic carbocycles. The number of ether oxygens (including phenoxy) is 1. The number of hydrogen-bond donors (Lipinski definition) is 0. The maximum atomic E-state index is 6.10. The predicted octanol–water partition coefficient (Wildman–Crippen LogP) is 4.73. The van der Waals surface area contributed by atoms with E-state index in [2.05, 4.69) is 22.5 Å². The van der Waals surface area contributed by atoms with Crippen molar-refractivity contribution < 1.29 is 4.74 Å². The number of aromatic nitrogens is 2. The SMILES string of the molecule is COc1cc(-n2c(CCl)nc3cccc(C)c32)ccc1Cl. The molecule has 5 heteroatoms. The van der Waals surface area contributed by atoms with Crippen molar-refractivity contribution in [1.29, 1.82) is 0 Å². The van der Waals surface area contributed by atoms with E-state index in [0.717, 1.165) is 28.1 Å². The minimum absolute atomic E-state index is 0.332. The second kappa shape index (κ2) is 5.58. The molecule has 0 spiro atoms. The number of alkyl halides is 1. The Labute approximate surface area is 133 Å². The Morgan fingerprint density at radius 1 is 1.24 bits per heavy atom. The van der Waals surface area contributed by atoms with Crippen LogP contribution in [0.3, 0.4) is 0 Å². The smallest absolute Gasteiger partial charge is 0.139 e. The molecule has 3 aromatic rings. The molecular weight excluding hydrogens is 307 g/mol. The number of aryl methyl sites for hydroxylation is 1. The number of hydrogen-bond acceptors (Lipinski definition) is 2. The van der Waals surface area contributed by atoms with E-state index in [1.165, 1.54) is 0 Å². The highest BCUT2D eigenvalue weighted by molar-refractivity contribution is 6.32. The molecule has 0 N–H and O–H groups in total. The van der Waals surface area contributed by atoms with Crippen molar-refractivity contribution in [2.24, 2.45) is 0 Å². The highest BCUT2D eigenvalue weighted by atomic mass is 35.5.